The molecule has 2 aromatic carbocycles. The molecule has 0 fully saturated rings. The van der Waals surface area contributed by atoms with Crippen molar-refractivity contribution in [1.29, 1.82) is 0 Å². The number of pyridine rings is 1. The fourth-order valence-electron chi connectivity index (χ4n) is 2.10. The van der Waals surface area contributed by atoms with E-state index in [0.717, 1.165) is 20.8 Å². The van der Waals surface area contributed by atoms with Gasteiger partial charge in [-0.2, -0.15) is 0 Å². The first-order chi connectivity index (χ1) is 9.19. The van der Waals surface area contributed by atoms with Crippen LogP contribution >= 0.6 is 15.9 Å². The fourth-order valence-corrected chi connectivity index (χ4v) is 2.45. The second-order valence-corrected chi connectivity index (χ2v) is 5.11. The Bertz CT molecular complexity index is 799. The maximum Gasteiger partial charge on any atom is 0.340 e. The van der Waals surface area contributed by atoms with E-state index >= 15 is 0 Å². The number of carbonyl (C=O) groups excluding carboxylic acids is 1. The number of hydrogen-bond donors (Lipinski definition) is 0. The van der Waals surface area contributed by atoms with E-state index in [9.17, 15) is 4.79 Å². The average Bonchev–Trinajstić information content (AvgIpc) is 2.43. The van der Waals surface area contributed by atoms with Gasteiger partial charge in [0.25, 0.3) is 0 Å². The molecule has 0 spiro atoms. The predicted molar refractivity (Wildman–Crippen MR) is 78.3 cm³/mol. The molecule has 1 aromatic heterocycles. The number of methoxy groups -OCH3 is 1. The van der Waals surface area contributed by atoms with Crippen molar-refractivity contribution >= 4 is 43.7 Å². The molecule has 0 atom stereocenters. The van der Waals surface area contributed by atoms with Crippen LogP contribution in [0.2, 0.25) is 0 Å². The number of carbonyl (C=O) groups is 1. The Labute approximate surface area is 118 Å². The van der Waals surface area contributed by atoms with Crippen molar-refractivity contribution in [2.45, 2.75) is 0 Å². The quantitative estimate of drug-likeness (QED) is 0.504. The topological polar surface area (TPSA) is 39.2 Å². The number of benzene rings is 2. The summed E-state index contributed by atoms with van der Waals surface area (Å²) in [6.45, 7) is 0. The minimum Gasteiger partial charge on any atom is -0.465 e. The number of ether oxygens (including phenoxy) is 1. The number of hydrogen-bond acceptors (Lipinski definition) is 3. The van der Waals surface area contributed by atoms with Gasteiger partial charge in [0.1, 0.15) is 0 Å². The zero-order valence-electron chi connectivity index (χ0n) is 10.2. The molecule has 0 aliphatic heterocycles. The first-order valence-corrected chi connectivity index (χ1v) is 6.56. The smallest absolute Gasteiger partial charge is 0.340 e. The van der Waals surface area contributed by atoms with E-state index in [1.54, 1.807) is 6.07 Å². The van der Waals surface area contributed by atoms with Gasteiger partial charge in [-0.15, -0.1) is 0 Å². The fraction of sp³-hybridized carbons (Fsp3) is 0.0667. The maximum atomic E-state index is 11.8. The average molecular weight is 316 g/mol. The van der Waals surface area contributed by atoms with Crippen molar-refractivity contribution < 1.29 is 9.53 Å². The third-order valence-corrected chi connectivity index (χ3v) is 3.50. The monoisotopic (exact) mass is 315 g/mol. The van der Waals surface area contributed by atoms with Gasteiger partial charge in [0.15, 0.2) is 0 Å². The van der Waals surface area contributed by atoms with E-state index < -0.39 is 0 Å². The Hall–Kier alpha value is -1.94. The highest BCUT2D eigenvalue weighted by molar-refractivity contribution is 9.10. The Morgan fingerprint density at radius 2 is 2.00 bits per heavy atom. The van der Waals surface area contributed by atoms with Gasteiger partial charge in [-0.05, 0) is 24.3 Å². The summed E-state index contributed by atoms with van der Waals surface area (Å²) in [6, 6.07) is 13.4. The molecule has 0 bridgehead atoms. The number of para-hydroxylation sites is 1. The summed E-state index contributed by atoms with van der Waals surface area (Å²) in [6.07, 6.45) is 0. The van der Waals surface area contributed by atoms with Crippen molar-refractivity contribution in [2.75, 3.05) is 7.11 Å². The van der Waals surface area contributed by atoms with Crippen LogP contribution in [0.3, 0.4) is 0 Å². The van der Waals surface area contributed by atoms with E-state index in [2.05, 4.69) is 20.9 Å². The minimum atomic E-state index is -0.368. The van der Waals surface area contributed by atoms with Crippen LogP contribution in [0.25, 0.3) is 21.8 Å². The zero-order chi connectivity index (χ0) is 13.4. The van der Waals surface area contributed by atoms with Gasteiger partial charge in [0, 0.05) is 15.2 Å². The Balaban J connectivity index is 2.39. The molecule has 19 heavy (non-hydrogen) atoms. The summed E-state index contributed by atoms with van der Waals surface area (Å²) >= 11 is 3.43. The highest BCUT2D eigenvalue weighted by atomic mass is 79.9. The summed E-state index contributed by atoms with van der Waals surface area (Å²) < 4.78 is 5.75. The highest BCUT2D eigenvalue weighted by Gasteiger charge is 2.12. The minimum absolute atomic E-state index is 0.368. The molecule has 0 unspecified atom stereocenters. The molecule has 0 amide bonds. The zero-order valence-corrected chi connectivity index (χ0v) is 11.8. The van der Waals surface area contributed by atoms with Crippen LogP contribution in [0.15, 0.2) is 46.9 Å². The molecular formula is C15H10BrNO2. The number of fused-ring (bicyclic) bond motifs is 2. The molecule has 4 heteroatoms. The molecule has 0 aliphatic rings. The van der Waals surface area contributed by atoms with Gasteiger partial charge < -0.3 is 4.74 Å². The Morgan fingerprint density at radius 1 is 1.16 bits per heavy atom. The van der Waals surface area contributed by atoms with E-state index in [1.165, 1.54) is 7.11 Å². The van der Waals surface area contributed by atoms with Crippen molar-refractivity contribution in [3.8, 4) is 0 Å². The van der Waals surface area contributed by atoms with Gasteiger partial charge in [-0.3, -0.25) is 0 Å². The van der Waals surface area contributed by atoms with Crippen LogP contribution in [0.5, 0.6) is 0 Å². The van der Waals surface area contributed by atoms with E-state index in [0.29, 0.717) is 11.1 Å². The number of esters is 1. The summed E-state index contributed by atoms with van der Waals surface area (Å²) in [7, 11) is 1.37. The van der Waals surface area contributed by atoms with Gasteiger partial charge >= 0.3 is 5.97 Å². The predicted octanol–water partition coefficient (Wildman–Crippen LogP) is 3.94. The molecule has 1 heterocycles. The number of aromatic nitrogens is 1. The van der Waals surface area contributed by atoms with Crippen LogP contribution in [-0.2, 0) is 4.74 Å². The molecule has 0 aliphatic carbocycles. The van der Waals surface area contributed by atoms with Gasteiger partial charge in [-0.1, -0.05) is 34.1 Å². The number of halogens is 1. The number of nitrogens with zero attached hydrogens (tertiary/aromatic N) is 1. The van der Waals surface area contributed by atoms with E-state index in [4.69, 9.17) is 4.74 Å². The van der Waals surface area contributed by atoms with Crippen molar-refractivity contribution in [3.63, 3.8) is 0 Å². The lowest BCUT2D eigenvalue weighted by Gasteiger charge is -2.06. The van der Waals surface area contributed by atoms with Crippen LogP contribution in [0, 0.1) is 0 Å². The molecule has 0 saturated carbocycles. The first kappa shape index (κ1) is 12.1. The van der Waals surface area contributed by atoms with Gasteiger partial charge in [0.2, 0.25) is 0 Å². The number of rotatable bonds is 1. The van der Waals surface area contributed by atoms with E-state index in [1.807, 2.05) is 36.4 Å². The summed E-state index contributed by atoms with van der Waals surface area (Å²) in [5.74, 6) is -0.368. The second-order valence-electron chi connectivity index (χ2n) is 4.19. The molecule has 3 aromatic rings. The lowest BCUT2D eigenvalue weighted by molar-refractivity contribution is 0.0603. The molecular weight excluding hydrogens is 306 g/mol. The summed E-state index contributed by atoms with van der Waals surface area (Å²) in [5, 5.41) is 1.97. The highest BCUT2D eigenvalue weighted by Crippen LogP contribution is 2.25. The van der Waals surface area contributed by atoms with Crippen LogP contribution in [0.4, 0.5) is 0 Å². The van der Waals surface area contributed by atoms with Crippen molar-refractivity contribution in [1.82, 2.24) is 4.98 Å². The largest absolute Gasteiger partial charge is 0.465 e. The first-order valence-electron chi connectivity index (χ1n) is 5.76. The summed E-state index contributed by atoms with van der Waals surface area (Å²) in [4.78, 5) is 16.3. The lowest BCUT2D eigenvalue weighted by atomic mass is 10.1. The third-order valence-electron chi connectivity index (χ3n) is 3.01. The second kappa shape index (κ2) is 4.63. The standard InChI is InChI=1S/C15H10BrNO2/c1-19-15(18)12-4-2-3-10-7-9-5-6-11(16)8-13(9)17-14(10)12/h2-8H,1H3. The molecule has 3 rings (SSSR count). The molecule has 0 N–H and O–H groups in total. The Kier molecular flexibility index (Phi) is 2.95. The van der Waals surface area contributed by atoms with Gasteiger partial charge in [-0.25, -0.2) is 9.78 Å². The van der Waals surface area contributed by atoms with Crippen molar-refractivity contribution in [2.24, 2.45) is 0 Å². The maximum absolute atomic E-state index is 11.8. The molecule has 94 valence electrons. The molecule has 3 nitrogen and oxygen atoms in total. The normalized spacial score (nSPS) is 10.8. The van der Waals surface area contributed by atoms with Crippen molar-refractivity contribution in [3.05, 3.63) is 52.5 Å². The SMILES string of the molecule is COC(=O)c1cccc2cc3ccc(Br)cc3nc12. The molecule has 0 saturated heterocycles. The lowest BCUT2D eigenvalue weighted by Crippen LogP contribution is -2.02. The third kappa shape index (κ3) is 2.08. The Morgan fingerprint density at radius 3 is 2.79 bits per heavy atom. The van der Waals surface area contributed by atoms with Crippen LogP contribution in [0.1, 0.15) is 10.4 Å². The van der Waals surface area contributed by atoms with Gasteiger partial charge in [0.05, 0.1) is 23.7 Å². The van der Waals surface area contributed by atoms with Crippen LogP contribution < -0.4 is 0 Å². The van der Waals surface area contributed by atoms with E-state index in [-0.39, 0.29) is 5.97 Å². The van der Waals surface area contributed by atoms with Crippen LogP contribution in [-0.4, -0.2) is 18.1 Å². The molecule has 0 radical (unpaired) electrons. The summed E-state index contributed by atoms with van der Waals surface area (Å²) in [5.41, 5.74) is 2.00.